The summed E-state index contributed by atoms with van der Waals surface area (Å²) in [6.07, 6.45) is 0. The molecule has 20 heavy (non-hydrogen) atoms. The summed E-state index contributed by atoms with van der Waals surface area (Å²) < 4.78 is 0. The minimum Gasteiger partial charge on any atom is -0.316 e. The molecule has 0 aliphatic rings. The Morgan fingerprint density at radius 2 is 1.45 bits per heavy atom. The van der Waals surface area contributed by atoms with E-state index in [0.717, 1.165) is 23.2 Å². The molecule has 1 aromatic carbocycles. The number of rotatable bonds is 7. The molecule has 0 aliphatic carbocycles. The standard InChI is InChI=1S/C17H31NSSi/c1-13(2)20(14(3)4,15(5)6)19-17-11-9-8-10-16(17)12-18-7/h8-11,13-15,18H,12H2,1-7H3. The van der Waals surface area contributed by atoms with Gasteiger partial charge in [-0.05, 0) is 35.3 Å². The molecule has 3 heteroatoms. The summed E-state index contributed by atoms with van der Waals surface area (Å²) in [5, 5.41) is 3.30. The highest BCUT2D eigenvalue weighted by molar-refractivity contribution is 8.29. The Morgan fingerprint density at radius 1 is 0.950 bits per heavy atom. The second-order valence-electron chi connectivity index (χ2n) is 6.56. The van der Waals surface area contributed by atoms with Crippen LogP contribution in [0.2, 0.25) is 16.6 Å². The van der Waals surface area contributed by atoms with Crippen molar-refractivity contribution in [3.8, 4) is 0 Å². The predicted molar refractivity (Wildman–Crippen MR) is 96.1 cm³/mol. The quantitative estimate of drug-likeness (QED) is 0.651. The monoisotopic (exact) mass is 309 g/mol. The molecule has 0 unspecified atom stereocenters. The predicted octanol–water partition coefficient (Wildman–Crippen LogP) is 5.67. The van der Waals surface area contributed by atoms with Gasteiger partial charge in [0.05, 0.1) is 0 Å². The Hall–Kier alpha value is -0.253. The minimum absolute atomic E-state index is 0.787. The SMILES string of the molecule is CNCc1ccccc1S[Si](C(C)C)(C(C)C)C(C)C. The van der Waals surface area contributed by atoms with E-state index >= 15 is 0 Å². The van der Waals surface area contributed by atoms with Gasteiger partial charge in [0.15, 0.2) is 0 Å². The third kappa shape index (κ3) is 3.69. The molecule has 1 aromatic rings. The van der Waals surface area contributed by atoms with Gasteiger partial charge in [-0.3, -0.25) is 0 Å². The van der Waals surface area contributed by atoms with Crippen molar-refractivity contribution in [2.75, 3.05) is 7.05 Å². The lowest BCUT2D eigenvalue weighted by Gasteiger charge is -2.42. The van der Waals surface area contributed by atoms with Crippen LogP contribution in [0, 0.1) is 0 Å². The molecule has 0 atom stereocenters. The van der Waals surface area contributed by atoms with Gasteiger partial charge >= 0.3 is 0 Å². The van der Waals surface area contributed by atoms with Crippen LogP contribution < -0.4 is 5.32 Å². The highest BCUT2D eigenvalue weighted by Crippen LogP contribution is 2.52. The van der Waals surface area contributed by atoms with Crippen LogP contribution in [-0.2, 0) is 6.54 Å². The Labute approximate surface area is 130 Å². The first-order valence-electron chi connectivity index (χ1n) is 7.77. The fourth-order valence-corrected chi connectivity index (χ4v) is 12.9. The lowest BCUT2D eigenvalue weighted by Crippen LogP contribution is -2.41. The average Bonchev–Trinajstić information content (AvgIpc) is 2.36. The average molecular weight is 310 g/mol. The van der Waals surface area contributed by atoms with Gasteiger partial charge in [-0.1, -0.05) is 59.7 Å². The van der Waals surface area contributed by atoms with Crippen LogP contribution >= 0.6 is 11.2 Å². The van der Waals surface area contributed by atoms with Crippen LogP contribution in [0.25, 0.3) is 0 Å². The van der Waals surface area contributed by atoms with Gasteiger partial charge in [0.1, 0.15) is 7.22 Å². The third-order valence-electron chi connectivity index (χ3n) is 4.33. The molecule has 0 fully saturated rings. The van der Waals surface area contributed by atoms with Crippen LogP contribution in [-0.4, -0.2) is 14.3 Å². The molecule has 0 spiro atoms. The van der Waals surface area contributed by atoms with Crippen molar-refractivity contribution in [3.05, 3.63) is 29.8 Å². The van der Waals surface area contributed by atoms with Gasteiger partial charge < -0.3 is 5.32 Å². The van der Waals surface area contributed by atoms with Crippen molar-refractivity contribution in [2.24, 2.45) is 0 Å². The van der Waals surface area contributed by atoms with Crippen LogP contribution in [0.4, 0.5) is 0 Å². The summed E-state index contributed by atoms with van der Waals surface area (Å²) in [7, 11) is 0.587. The molecule has 0 aromatic heterocycles. The Morgan fingerprint density at radius 3 is 1.90 bits per heavy atom. The summed E-state index contributed by atoms with van der Waals surface area (Å²) in [6.45, 7) is 15.5. The molecule has 1 N–H and O–H groups in total. The van der Waals surface area contributed by atoms with Crippen molar-refractivity contribution in [3.63, 3.8) is 0 Å². The Bertz CT molecular complexity index is 393. The number of benzene rings is 1. The summed E-state index contributed by atoms with van der Waals surface area (Å²) in [4.78, 5) is 1.49. The summed E-state index contributed by atoms with van der Waals surface area (Å²) >= 11 is 2.23. The maximum Gasteiger partial charge on any atom is 0.131 e. The van der Waals surface area contributed by atoms with Gasteiger partial charge in [-0.25, -0.2) is 0 Å². The maximum absolute atomic E-state index is 3.30. The second kappa shape index (κ2) is 7.67. The molecule has 0 heterocycles. The van der Waals surface area contributed by atoms with E-state index in [9.17, 15) is 0 Å². The Kier molecular flexibility index (Phi) is 6.82. The van der Waals surface area contributed by atoms with E-state index in [1.54, 1.807) is 0 Å². The van der Waals surface area contributed by atoms with E-state index in [4.69, 9.17) is 0 Å². The van der Waals surface area contributed by atoms with Gasteiger partial charge in [-0.2, -0.15) is 0 Å². The summed E-state index contributed by atoms with van der Waals surface area (Å²) in [5.74, 6) is 0. The van der Waals surface area contributed by atoms with Crippen molar-refractivity contribution < 1.29 is 0 Å². The highest BCUT2D eigenvalue weighted by atomic mass is 32.4. The zero-order valence-corrected chi connectivity index (χ0v) is 16.0. The van der Waals surface area contributed by atoms with Crippen LogP contribution in [0.3, 0.4) is 0 Å². The van der Waals surface area contributed by atoms with Crippen molar-refractivity contribution >= 4 is 18.4 Å². The van der Waals surface area contributed by atoms with E-state index in [2.05, 4.69) is 82.3 Å². The molecule has 114 valence electrons. The molecule has 0 amide bonds. The molecule has 0 saturated heterocycles. The normalized spacial score (nSPS) is 12.7. The first-order valence-corrected chi connectivity index (χ1v) is 11.5. The first-order chi connectivity index (χ1) is 9.36. The van der Waals surface area contributed by atoms with Crippen LogP contribution in [0.5, 0.6) is 0 Å². The van der Waals surface area contributed by atoms with Gasteiger partial charge in [0.25, 0.3) is 0 Å². The fraction of sp³-hybridized carbons (Fsp3) is 0.647. The number of hydrogen-bond acceptors (Lipinski definition) is 2. The first kappa shape index (κ1) is 17.8. The third-order valence-corrected chi connectivity index (χ3v) is 16.7. The highest BCUT2D eigenvalue weighted by Gasteiger charge is 2.44. The molecule has 1 rings (SSSR count). The number of hydrogen-bond donors (Lipinski definition) is 1. The second-order valence-corrected chi connectivity index (χ2v) is 15.1. The van der Waals surface area contributed by atoms with Crippen LogP contribution in [0.1, 0.15) is 47.1 Å². The topological polar surface area (TPSA) is 12.0 Å². The molecule has 1 nitrogen and oxygen atoms in total. The van der Waals surface area contributed by atoms with Crippen molar-refractivity contribution in [1.29, 1.82) is 0 Å². The molecule has 0 radical (unpaired) electrons. The molecule has 0 bridgehead atoms. The summed E-state index contributed by atoms with van der Waals surface area (Å²) in [6, 6.07) is 8.91. The van der Waals surface area contributed by atoms with E-state index in [1.807, 2.05) is 7.05 Å². The van der Waals surface area contributed by atoms with Gasteiger partial charge in [0.2, 0.25) is 0 Å². The van der Waals surface area contributed by atoms with E-state index in [0.29, 0.717) is 0 Å². The molecule has 0 saturated carbocycles. The maximum atomic E-state index is 3.30. The lowest BCUT2D eigenvalue weighted by atomic mass is 10.2. The minimum atomic E-state index is -1.44. The smallest absolute Gasteiger partial charge is 0.131 e. The van der Waals surface area contributed by atoms with Crippen LogP contribution in [0.15, 0.2) is 29.2 Å². The molecule has 0 aliphatic heterocycles. The van der Waals surface area contributed by atoms with E-state index in [1.165, 1.54) is 10.5 Å². The van der Waals surface area contributed by atoms with Crippen molar-refractivity contribution in [1.82, 2.24) is 5.32 Å². The fourth-order valence-electron chi connectivity index (χ4n) is 3.48. The van der Waals surface area contributed by atoms with Gasteiger partial charge in [0, 0.05) is 11.4 Å². The zero-order valence-electron chi connectivity index (χ0n) is 14.2. The Balaban J connectivity index is 3.19. The van der Waals surface area contributed by atoms with Crippen molar-refractivity contribution in [2.45, 2.75) is 69.6 Å². The molecular weight excluding hydrogens is 278 g/mol. The number of nitrogens with one attached hydrogen (secondary N) is 1. The van der Waals surface area contributed by atoms with E-state index < -0.39 is 7.22 Å². The summed E-state index contributed by atoms with van der Waals surface area (Å²) in [5.41, 5.74) is 3.80. The largest absolute Gasteiger partial charge is 0.316 e. The zero-order chi connectivity index (χ0) is 15.3. The lowest BCUT2D eigenvalue weighted by molar-refractivity contribution is 0.803. The van der Waals surface area contributed by atoms with Gasteiger partial charge in [-0.15, -0.1) is 11.2 Å². The molecular formula is C17H31NSSi. The van der Waals surface area contributed by atoms with E-state index in [-0.39, 0.29) is 0 Å².